The van der Waals surface area contributed by atoms with Gasteiger partial charge in [0, 0.05) is 34.8 Å². The highest BCUT2D eigenvalue weighted by Crippen LogP contribution is 2.37. The highest BCUT2D eigenvalue weighted by atomic mass is 32.2. The van der Waals surface area contributed by atoms with E-state index in [1.165, 1.54) is 18.2 Å². The number of fused-ring (bicyclic) bond motifs is 1. The Bertz CT molecular complexity index is 1110. The quantitative estimate of drug-likeness (QED) is 0.523. The Morgan fingerprint density at radius 2 is 2.00 bits per heavy atom. The number of nitrogens with zero attached hydrogens (tertiary/aromatic N) is 3. The van der Waals surface area contributed by atoms with Crippen LogP contribution < -0.4 is 5.32 Å². The molecule has 0 spiro atoms. The fourth-order valence-electron chi connectivity index (χ4n) is 3.22. The summed E-state index contributed by atoms with van der Waals surface area (Å²) in [6, 6.07) is 11.7. The topological polar surface area (TPSA) is 90.1 Å². The van der Waals surface area contributed by atoms with E-state index in [1.54, 1.807) is 22.5 Å². The van der Waals surface area contributed by atoms with E-state index in [9.17, 15) is 14.9 Å². The predicted octanol–water partition coefficient (Wildman–Crippen LogP) is 4.40. The summed E-state index contributed by atoms with van der Waals surface area (Å²) in [6.45, 7) is 4.06. The van der Waals surface area contributed by atoms with Gasteiger partial charge in [-0.2, -0.15) is 16.9 Å². The molecule has 0 saturated carbocycles. The summed E-state index contributed by atoms with van der Waals surface area (Å²) < 4.78 is 1.78. The van der Waals surface area contributed by atoms with Crippen LogP contribution in [0.15, 0.2) is 42.5 Å². The van der Waals surface area contributed by atoms with Gasteiger partial charge in [-0.1, -0.05) is 18.2 Å². The van der Waals surface area contributed by atoms with Crippen molar-refractivity contribution in [3.05, 3.63) is 80.5 Å². The van der Waals surface area contributed by atoms with Crippen LogP contribution in [-0.4, -0.2) is 20.6 Å². The minimum absolute atomic E-state index is 0.114. The lowest BCUT2D eigenvalue weighted by atomic mass is 10.1. The van der Waals surface area contributed by atoms with Crippen molar-refractivity contribution in [3.8, 4) is 5.69 Å². The van der Waals surface area contributed by atoms with Gasteiger partial charge < -0.3 is 5.32 Å². The maximum absolute atomic E-state index is 12.8. The highest BCUT2D eigenvalue weighted by Gasteiger charge is 2.26. The number of hydrogen-bond acceptors (Lipinski definition) is 5. The molecule has 142 valence electrons. The summed E-state index contributed by atoms with van der Waals surface area (Å²) in [6.07, 6.45) is 0. The molecule has 0 saturated heterocycles. The van der Waals surface area contributed by atoms with Crippen molar-refractivity contribution < 1.29 is 9.72 Å². The minimum atomic E-state index is -0.508. The number of nitrogens with one attached hydrogen (secondary N) is 1. The number of amides is 1. The first-order valence-electron chi connectivity index (χ1n) is 8.76. The second kappa shape index (κ2) is 7.12. The Hall–Kier alpha value is -3.13. The molecule has 8 heteroatoms. The van der Waals surface area contributed by atoms with Crippen molar-refractivity contribution in [2.75, 3.05) is 5.32 Å². The summed E-state index contributed by atoms with van der Waals surface area (Å²) in [5.74, 6) is 1.80. The number of nitro benzene ring substituents is 1. The molecule has 2 heterocycles. The van der Waals surface area contributed by atoms with Crippen molar-refractivity contribution >= 4 is 29.2 Å². The molecule has 2 aromatic carbocycles. The van der Waals surface area contributed by atoms with Crippen molar-refractivity contribution in [1.82, 2.24) is 9.78 Å². The van der Waals surface area contributed by atoms with Crippen molar-refractivity contribution in [2.24, 2.45) is 0 Å². The summed E-state index contributed by atoms with van der Waals surface area (Å²) in [7, 11) is 0. The van der Waals surface area contributed by atoms with Crippen LogP contribution in [0.5, 0.6) is 0 Å². The molecule has 0 unspecified atom stereocenters. The van der Waals surface area contributed by atoms with E-state index in [4.69, 9.17) is 5.10 Å². The van der Waals surface area contributed by atoms with E-state index in [0.717, 1.165) is 39.6 Å². The van der Waals surface area contributed by atoms with Crippen LogP contribution in [0.1, 0.15) is 32.7 Å². The Balaban J connectivity index is 1.76. The summed E-state index contributed by atoms with van der Waals surface area (Å²) >= 11 is 1.75. The van der Waals surface area contributed by atoms with Gasteiger partial charge >= 0.3 is 0 Å². The molecular weight excluding hydrogens is 376 g/mol. The van der Waals surface area contributed by atoms with Crippen LogP contribution in [-0.2, 0) is 11.5 Å². The molecule has 7 nitrogen and oxygen atoms in total. The zero-order chi connectivity index (χ0) is 19.8. The zero-order valence-corrected chi connectivity index (χ0v) is 16.2. The number of thioether (sulfide) groups is 1. The van der Waals surface area contributed by atoms with Gasteiger partial charge in [-0.3, -0.25) is 14.9 Å². The molecule has 0 aliphatic carbocycles. The number of nitro groups is 1. The van der Waals surface area contributed by atoms with E-state index in [-0.39, 0.29) is 11.3 Å². The SMILES string of the molecule is Cc1cccc(-n2nc3c(c2NC(=O)c2cccc([N+](=O)[O-])c2)CSC3)c1C. The molecule has 3 aromatic rings. The molecule has 1 aromatic heterocycles. The van der Waals surface area contributed by atoms with E-state index >= 15 is 0 Å². The third-order valence-electron chi connectivity index (χ3n) is 4.91. The Labute approximate surface area is 165 Å². The molecule has 0 atom stereocenters. The number of hydrogen-bond donors (Lipinski definition) is 1. The maximum atomic E-state index is 12.8. The number of aromatic nitrogens is 2. The maximum Gasteiger partial charge on any atom is 0.270 e. The zero-order valence-electron chi connectivity index (χ0n) is 15.4. The van der Waals surface area contributed by atoms with Crippen LogP contribution in [0.3, 0.4) is 0 Å². The van der Waals surface area contributed by atoms with E-state index in [1.807, 2.05) is 32.0 Å². The number of carbonyl (C=O) groups is 1. The molecule has 4 rings (SSSR count). The van der Waals surface area contributed by atoms with E-state index in [2.05, 4.69) is 5.32 Å². The average molecular weight is 394 g/mol. The normalized spacial score (nSPS) is 12.6. The fourth-order valence-corrected chi connectivity index (χ4v) is 4.26. The molecule has 28 heavy (non-hydrogen) atoms. The monoisotopic (exact) mass is 394 g/mol. The first kappa shape index (κ1) is 18.2. The van der Waals surface area contributed by atoms with E-state index < -0.39 is 10.8 Å². The Morgan fingerprint density at radius 1 is 1.21 bits per heavy atom. The van der Waals surface area contributed by atoms with Gasteiger partial charge in [-0.05, 0) is 37.1 Å². The van der Waals surface area contributed by atoms with Gasteiger partial charge in [-0.25, -0.2) is 4.68 Å². The number of carbonyl (C=O) groups excluding carboxylic acids is 1. The highest BCUT2D eigenvalue weighted by molar-refractivity contribution is 7.98. The fraction of sp³-hybridized carbons (Fsp3) is 0.200. The predicted molar refractivity (Wildman–Crippen MR) is 109 cm³/mol. The molecule has 1 aliphatic rings. The molecule has 0 radical (unpaired) electrons. The van der Waals surface area contributed by atoms with Crippen molar-refractivity contribution in [1.29, 1.82) is 0 Å². The Morgan fingerprint density at radius 3 is 2.79 bits per heavy atom. The number of non-ortho nitro benzene ring substituents is 1. The van der Waals surface area contributed by atoms with Gasteiger partial charge in [0.2, 0.25) is 0 Å². The second-order valence-corrected chi connectivity index (χ2v) is 7.64. The van der Waals surface area contributed by atoms with Crippen LogP contribution in [0, 0.1) is 24.0 Å². The average Bonchev–Trinajstić information content (AvgIpc) is 3.27. The smallest absolute Gasteiger partial charge is 0.270 e. The lowest BCUT2D eigenvalue weighted by Gasteiger charge is -2.14. The second-order valence-electron chi connectivity index (χ2n) is 6.66. The van der Waals surface area contributed by atoms with Crippen molar-refractivity contribution in [3.63, 3.8) is 0 Å². The van der Waals surface area contributed by atoms with Gasteiger partial charge in [-0.15, -0.1) is 0 Å². The summed E-state index contributed by atoms with van der Waals surface area (Å²) in [5.41, 5.74) is 5.22. The standard InChI is InChI=1S/C20H18N4O3S/c1-12-5-3-8-18(13(12)2)23-19(16-10-28-11-17(16)22-23)21-20(25)14-6-4-7-15(9-14)24(26)27/h3-9H,10-11H2,1-2H3,(H,21,25). The van der Waals surface area contributed by atoms with Gasteiger partial charge in [0.15, 0.2) is 0 Å². The molecule has 1 aliphatic heterocycles. The number of anilines is 1. The third-order valence-corrected chi connectivity index (χ3v) is 5.88. The summed E-state index contributed by atoms with van der Waals surface area (Å²) in [4.78, 5) is 23.3. The molecule has 0 fully saturated rings. The largest absolute Gasteiger partial charge is 0.306 e. The van der Waals surface area contributed by atoms with E-state index in [0.29, 0.717) is 5.82 Å². The van der Waals surface area contributed by atoms with Crippen LogP contribution in [0.25, 0.3) is 5.69 Å². The summed E-state index contributed by atoms with van der Waals surface area (Å²) in [5, 5.41) is 18.7. The first-order valence-corrected chi connectivity index (χ1v) is 9.92. The van der Waals surface area contributed by atoms with Crippen molar-refractivity contribution in [2.45, 2.75) is 25.4 Å². The van der Waals surface area contributed by atoms with Crippen LogP contribution in [0.2, 0.25) is 0 Å². The van der Waals surface area contributed by atoms with Crippen LogP contribution in [0.4, 0.5) is 11.5 Å². The molecular formula is C20H18N4O3S. The lowest BCUT2D eigenvalue weighted by Crippen LogP contribution is -2.17. The number of benzene rings is 2. The molecule has 1 N–H and O–H groups in total. The Kier molecular flexibility index (Phi) is 4.64. The lowest BCUT2D eigenvalue weighted by molar-refractivity contribution is -0.384. The minimum Gasteiger partial charge on any atom is -0.306 e. The third kappa shape index (κ3) is 3.16. The first-order chi connectivity index (χ1) is 13.5. The van der Waals surface area contributed by atoms with Gasteiger partial charge in [0.05, 0.1) is 16.3 Å². The van der Waals surface area contributed by atoms with Gasteiger partial charge in [0.1, 0.15) is 5.82 Å². The number of aryl methyl sites for hydroxylation is 1. The molecule has 0 bridgehead atoms. The van der Waals surface area contributed by atoms with Gasteiger partial charge in [0.25, 0.3) is 11.6 Å². The van der Waals surface area contributed by atoms with Crippen LogP contribution >= 0.6 is 11.8 Å². The number of rotatable bonds is 4. The molecule has 1 amide bonds.